The van der Waals surface area contributed by atoms with Crippen LogP contribution in [0.2, 0.25) is 34.5 Å². The van der Waals surface area contributed by atoms with E-state index in [0.29, 0.717) is 0 Å². The van der Waals surface area contributed by atoms with Crippen LogP contribution in [0.25, 0.3) is 21.5 Å². The summed E-state index contributed by atoms with van der Waals surface area (Å²) in [6.07, 6.45) is 9.55. The fourth-order valence-corrected chi connectivity index (χ4v) is 14.4. The van der Waals surface area contributed by atoms with E-state index in [1.54, 1.807) is 0 Å². The molecule has 7 aromatic carbocycles. The Balaban J connectivity index is 1.37. The summed E-state index contributed by atoms with van der Waals surface area (Å²) in [6, 6.07) is 52.0. The molecule has 9 rings (SSSR count). The number of anilines is 6. The number of nitrogens with zero attached hydrogens (tertiary/aromatic N) is 2. The summed E-state index contributed by atoms with van der Waals surface area (Å²) >= 11 is -4.08. The van der Waals surface area contributed by atoms with Gasteiger partial charge in [-0.3, -0.25) is 0 Å². The molecule has 2 aliphatic carbocycles. The first kappa shape index (κ1) is 37.3. The van der Waals surface area contributed by atoms with Gasteiger partial charge in [0.2, 0.25) is 0 Å². The first-order valence-electron chi connectivity index (χ1n) is 21.0. The molecule has 0 radical (unpaired) electrons. The molecule has 0 saturated carbocycles. The molecule has 4 heteroatoms. The molecular formula is C52H56Ge2N2. The van der Waals surface area contributed by atoms with Gasteiger partial charge in [0.15, 0.2) is 0 Å². The van der Waals surface area contributed by atoms with E-state index >= 15 is 0 Å². The summed E-state index contributed by atoms with van der Waals surface area (Å²) in [4.78, 5) is 5.27. The van der Waals surface area contributed by atoms with Gasteiger partial charge in [0.25, 0.3) is 0 Å². The third-order valence-electron chi connectivity index (χ3n) is 12.5. The van der Waals surface area contributed by atoms with E-state index in [2.05, 4.69) is 178 Å². The number of fused-ring (bicyclic) bond motifs is 4. The summed E-state index contributed by atoms with van der Waals surface area (Å²) in [7, 11) is 0. The number of benzene rings is 7. The van der Waals surface area contributed by atoms with Crippen LogP contribution in [0.15, 0.2) is 133 Å². The van der Waals surface area contributed by atoms with Crippen molar-refractivity contribution < 1.29 is 0 Å². The van der Waals surface area contributed by atoms with Crippen molar-refractivity contribution in [2.24, 2.45) is 0 Å². The van der Waals surface area contributed by atoms with Gasteiger partial charge in [0, 0.05) is 0 Å². The maximum absolute atomic E-state index is 2.64. The van der Waals surface area contributed by atoms with Crippen LogP contribution in [0.4, 0.5) is 34.1 Å². The Labute approximate surface area is 340 Å². The molecule has 0 unspecified atom stereocenters. The van der Waals surface area contributed by atoms with Crippen molar-refractivity contribution in [1.82, 2.24) is 0 Å². The van der Waals surface area contributed by atoms with Gasteiger partial charge in [-0.2, -0.15) is 0 Å². The summed E-state index contributed by atoms with van der Waals surface area (Å²) in [6.45, 7) is 0. The molecule has 0 aliphatic heterocycles. The van der Waals surface area contributed by atoms with Gasteiger partial charge in [-0.15, -0.1) is 0 Å². The molecule has 0 N–H and O–H groups in total. The van der Waals surface area contributed by atoms with Gasteiger partial charge in [-0.1, -0.05) is 0 Å². The molecular weight excluding hydrogens is 798 g/mol. The third kappa shape index (κ3) is 6.81. The standard InChI is InChI=1S/C52H56Ge2N2/c1-53(2,3)39-29-33-41(34-30-39)55(49-27-15-19-37-17-7-9-21-43(37)49)51-45-23-11-13-25-47(45)52(48-26-14-12-24-46(48)51)56(42-35-31-40(32-36-42)54(4,5)6)50-28-16-20-38-18-8-10-22-44(38)50/h11-16,19-20,23-36H,7-10,17-18,21-22H2,1-6H3. The third-order valence-corrected chi connectivity index (χ3v) is 21.2. The first-order valence-corrected chi connectivity index (χ1v) is 35.7. The monoisotopic (exact) mass is 856 g/mol. The van der Waals surface area contributed by atoms with Crippen molar-refractivity contribution in [1.29, 1.82) is 0 Å². The van der Waals surface area contributed by atoms with Gasteiger partial charge in [0.1, 0.15) is 0 Å². The SMILES string of the molecule is [CH3][Ge]([CH3])([CH3])[c]1ccc(N(c2cccc3c2CCCC3)c2c3ccccc3c(N(c3cc[c]([Ge]([CH3])([CH3])[CH3])cc3)c3cccc4c3CCCC4)c3ccccc23)cc1. The maximum atomic E-state index is 2.64. The normalized spacial score (nSPS) is 14.4. The fraction of sp³-hybridized carbons (Fsp3) is 0.269. The van der Waals surface area contributed by atoms with Gasteiger partial charge in [-0.05, 0) is 0 Å². The fourth-order valence-electron chi connectivity index (χ4n) is 9.50. The number of hydrogen-bond acceptors (Lipinski definition) is 2. The Bertz CT molecular complexity index is 2320. The molecule has 0 saturated heterocycles. The van der Waals surface area contributed by atoms with E-state index in [4.69, 9.17) is 0 Å². The number of rotatable bonds is 8. The zero-order valence-corrected chi connectivity index (χ0v) is 38.4. The van der Waals surface area contributed by atoms with E-state index in [1.807, 2.05) is 0 Å². The Morgan fingerprint density at radius 2 is 0.696 bits per heavy atom. The van der Waals surface area contributed by atoms with Gasteiger partial charge < -0.3 is 0 Å². The second-order valence-corrected chi connectivity index (χ2v) is 39.6. The molecule has 2 nitrogen and oxygen atoms in total. The van der Waals surface area contributed by atoms with Gasteiger partial charge in [0.05, 0.1) is 0 Å². The molecule has 56 heavy (non-hydrogen) atoms. The van der Waals surface area contributed by atoms with Crippen LogP contribution in [-0.2, 0) is 25.7 Å². The van der Waals surface area contributed by atoms with Crippen LogP contribution >= 0.6 is 0 Å². The van der Waals surface area contributed by atoms with Crippen molar-refractivity contribution in [3.63, 3.8) is 0 Å². The second-order valence-electron chi connectivity index (χ2n) is 18.3. The topological polar surface area (TPSA) is 6.48 Å². The Hall–Kier alpha value is -4.25. The predicted molar refractivity (Wildman–Crippen MR) is 250 cm³/mol. The van der Waals surface area contributed by atoms with E-state index in [-0.39, 0.29) is 0 Å². The van der Waals surface area contributed by atoms with E-state index in [0.717, 1.165) is 25.7 Å². The second kappa shape index (κ2) is 14.9. The van der Waals surface area contributed by atoms with Crippen LogP contribution in [0.5, 0.6) is 0 Å². The van der Waals surface area contributed by atoms with Crippen molar-refractivity contribution >= 4 is 91.0 Å². The summed E-state index contributed by atoms with van der Waals surface area (Å²) in [5.74, 6) is 15.0. The average molecular weight is 854 g/mol. The Morgan fingerprint density at radius 3 is 1.04 bits per heavy atom. The molecule has 0 aromatic heterocycles. The van der Waals surface area contributed by atoms with Crippen molar-refractivity contribution in [2.45, 2.75) is 85.9 Å². The Morgan fingerprint density at radius 1 is 0.357 bits per heavy atom. The van der Waals surface area contributed by atoms with Crippen LogP contribution in [0.3, 0.4) is 0 Å². The molecule has 0 bridgehead atoms. The summed E-state index contributed by atoms with van der Waals surface area (Å²) < 4.78 is 3.08. The molecule has 2 aliphatic rings. The quantitative estimate of drug-likeness (QED) is 0.0854. The van der Waals surface area contributed by atoms with Crippen molar-refractivity contribution in [3.8, 4) is 0 Å². The van der Waals surface area contributed by atoms with Crippen LogP contribution in [0, 0.1) is 0 Å². The van der Waals surface area contributed by atoms with Crippen molar-refractivity contribution in [3.05, 3.63) is 156 Å². The summed E-state index contributed by atoms with van der Waals surface area (Å²) in [5.41, 5.74) is 13.7. The Kier molecular flexibility index (Phi) is 9.95. The number of aryl methyl sites for hydroxylation is 2. The van der Waals surface area contributed by atoms with Crippen LogP contribution < -0.4 is 18.6 Å². The molecule has 0 heterocycles. The minimum absolute atomic E-state index is 1.12. The number of hydrogen-bond donors (Lipinski definition) is 0. The average Bonchev–Trinajstić information content (AvgIpc) is 3.21. The van der Waals surface area contributed by atoms with E-state index in [1.165, 1.54) is 112 Å². The zero-order chi connectivity index (χ0) is 38.6. The summed E-state index contributed by atoms with van der Waals surface area (Å²) in [5, 5.41) is 5.12. The van der Waals surface area contributed by atoms with Crippen LogP contribution in [0.1, 0.15) is 47.9 Å². The van der Waals surface area contributed by atoms with Gasteiger partial charge in [-0.25, -0.2) is 0 Å². The molecule has 0 atom stereocenters. The molecule has 0 spiro atoms. The molecule has 0 amide bonds. The van der Waals surface area contributed by atoms with Gasteiger partial charge >= 0.3 is 342 Å². The zero-order valence-electron chi connectivity index (χ0n) is 34.3. The van der Waals surface area contributed by atoms with Crippen LogP contribution in [-0.4, -0.2) is 26.5 Å². The predicted octanol–water partition coefficient (Wildman–Crippen LogP) is 13.8. The molecule has 7 aromatic rings. The first-order chi connectivity index (χ1) is 27.1. The van der Waals surface area contributed by atoms with E-state index < -0.39 is 26.5 Å². The van der Waals surface area contributed by atoms with E-state index in [9.17, 15) is 0 Å². The van der Waals surface area contributed by atoms with Crippen molar-refractivity contribution in [2.75, 3.05) is 9.80 Å². The molecule has 282 valence electrons. The minimum atomic E-state index is -2.04. The molecule has 0 fully saturated rings.